The van der Waals surface area contributed by atoms with Gasteiger partial charge in [0.15, 0.2) is 14.7 Å². The number of amides is 1. The molecule has 0 aliphatic carbocycles. The van der Waals surface area contributed by atoms with Crippen molar-refractivity contribution in [3.05, 3.63) is 64.3 Å². The third-order valence-corrected chi connectivity index (χ3v) is 11.1. The lowest BCUT2D eigenvalue weighted by Crippen LogP contribution is -2.46. The number of nitrogens with zero attached hydrogens (tertiary/aromatic N) is 4. The molecule has 1 fully saturated rings. The maximum absolute atomic E-state index is 12.9. The summed E-state index contributed by atoms with van der Waals surface area (Å²) in [6, 6.07) is 13.8. The maximum atomic E-state index is 12.9. The fourth-order valence-electron chi connectivity index (χ4n) is 5.87. The molecule has 3 aromatic rings. The second-order valence-electron chi connectivity index (χ2n) is 12.3. The van der Waals surface area contributed by atoms with E-state index in [1.807, 2.05) is 18.2 Å². The van der Waals surface area contributed by atoms with Crippen molar-refractivity contribution in [2.24, 2.45) is 0 Å². The lowest BCUT2D eigenvalue weighted by Gasteiger charge is -2.28. The zero-order valence-electron chi connectivity index (χ0n) is 29.1. The molecule has 262 valence electrons. The third-order valence-electron chi connectivity index (χ3n) is 8.56. The van der Waals surface area contributed by atoms with Crippen molar-refractivity contribution in [2.45, 2.75) is 91.5 Å². The number of unbranched alkanes of at least 4 members (excludes halogenated alkanes) is 3. The number of benzene rings is 1. The first-order valence-corrected chi connectivity index (χ1v) is 19.0. The van der Waals surface area contributed by atoms with Crippen LogP contribution in [0.2, 0.25) is 0 Å². The van der Waals surface area contributed by atoms with E-state index < -0.39 is 14.2 Å². The van der Waals surface area contributed by atoms with Gasteiger partial charge in [-0.05, 0) is 77.8 Å². The average Bonchev–Trinajstić information content (AvgIpc) is 3.40. The Balaban J connectivity index is 1.26. The number of aromatic nitrogens is 1. The molecule has 0 spiro atoms. The van der Waals surface area contributed by atoms with Crippen molar-refractivity contribution in [2.75, 3.05) is 31.1 Å². The van der Waals surface area contributed by atoms with E-state index in [4.69, 9.17) is 18.7 Å². The van der Waals surface area contributed by atoms with Crippen LogP contribution in [0.1, 0.15) is 78.0 Å². The second kappa shape index (κ2) is 19.0. The third kappa shape index (κ3) is 10.5. The van der Waals surface area contributed by atoms with Crippen LogP contribution in [-0.4, -0.2) is 55.0 Å². The Kier molecular flexibility index (Phi) is 14.9. The number of nitrogens with one attached hydrogen (secondary N) is 1. The van der Waals surface area contributed by atoms with E-state index in [0.717, 1.165) is 49.8 Å². The molecule has 49 heavy (non-hydrogen) atoms. The van der Waals surface area contributed by atoms with Gasteiger partial charge in [-0.1, -0.05) is 12.8 Å². The van der Waals surface area contributed by atoms with Crippen molar-refractivity contribution in [1.29, 1.82) is 5.26 Å². The Morgan fingerprint density at radius 2 is 1.94 bits per heavy atom. The molecule has 1 saturated heterocycles. The summed E-state index contributed by atoms with van der Waals surface area (Å²) in [5.74, 6) is -0.159. The average molecular weight is 709 g/mol. The lowest BCUT2D eigenvalue weighted by molar-refractivity contribution is -0.685. The first-order chi connectivity index (χ1) is 23.7. The van der Waals surface area contributed by atoms with Gasteiger partial charge in [-0.25, -0.2) is 9.46 Å². The number of fused-ring (bicyclic) bond motifs is 1. The number of pyridine rings is 1. The number of anilines is 1. The van der Waals surface area contributed by atoms with Gasteiger partial charge in [0.1, 0.15) is 10.9 Å². The molecular formula is C36H48N5O6P2+. The highest BCUT2D eigenvalue weighted by atomic mass is 31.2. The van der Waals surface area contributed by atoms with E-state index in [9.17, 15) is 14.2 Å². The van der Waals surface area contributed by atoms with E-state index in [1.165, 1.54) is 0 Å². The van der Waals surface area contributed by atoms with Crippen molar-refractivity contribution >= 4 is 57.0 Å². The molecule has 3 heterocycles. The minimum Gasteiger partial charge on any atom is -0.422 e. The quantitative estimate of drug-likeness (QED) is 0.0696. The van der Waals surface area contributed by atoms with Gasteiger partial charge in [0, 0.05) is 61.0 Å². The minimum absolute atomic E-state index is 0.0401. The summed E-state index contributed by atoms with van der Waals surface area (Å²) >= 11 is 0. The molecular weight excluding hydrogens is 660 g/mol. The normalized spacial score (nSPS) is 18.1. The first-order valence-electron chi connectivity index (χ1n) is 17.1. The number of carbonyl (C=O) groups excluding carboxylic acids is 1. The molecule has 1 N–H and O–H groups in total. The molecule has 1 aliphatic rings. The smallest absolute Gasteiger partial charge is 0.343 e. The summed E-state index contributed by atoms with van der Waals surface area (Å²) in [4.78, 5) is 27.9. The Morgan fingerprint density at radius 3 is 2.65 bits per heavy atom. The number of hydrogen-bond acceptors (Lipinski definition) is 9. The van der Waals surface area contributed by atoms with Crippen LogP contribution < -0.4 is 25.7 Å². The van der Waals surface area contributed by atoms with Gasteiger partial charge in [0.2, 0.25) is 12.2 Å². The summed E-state index contributed by atoms with van der Waals surface area (Å²) in [5.41, 5.74) is 2.15. The van der Waals surface area contributed by atoms with Crippen LogP contribution in [-0.2, 0) is 25.0 Å². The Morgan fingerprint density at radius 1 is 1.16 bits per heavy atom. The Bertz CT molecular complexity index is 1700. The standard InChI is InChI=1S/C36H47N5O6P2/c1-6-39(7-2)31-15-12-28-22-29(36(43)46-34(28)23-31)13-14-30-16-17-32(48-44)24-40(30)25-35(42)38-20-10-8-9-11-21-45-49-41(26(3)4)27(5)33(47-49)18-19-37/h12-17,22-24,26-27,33H,6-11,18,20-21,25H2,1-5H3/p+1. The maximum Gasteiger partial charge on any atom is 0.343 e. The lowest BCUT2D eigenvalue weighted by atomic mass is 10.1. The topological polar surface area (TPSA) is 129 Å². The highest BCUT2D eigenvalue weighted by molar-refractivity contribution is 7.45. The summed E-state index contributed by atoms with van der Waals surface area (Å²) in [6.45, 7) is 13.4. The predicted octanol–water partition coefficient (Wildman–Crippen LogP) is 6.35. The molecule has 4 rings (SSSR count). The zero-order valence-corrected chi connectivity index (χ0v) is 30.9. The van der Waals surface area contributed by atoms with Crippen molar-refractivity contribution < 1.29 is 27.4 Å². The molecule has 2 aromatic heterocycles. The Hall–Kier alpha value is -3.51. The van der Waals surface area contributed by atoms with E-state index >= 15 is 0 Å². The van der Waals surface area contributed by atoms with E-state index in [1.54, 1.807) is 41.1 Å². The van der Waals surface area contributed by atoms with Crippen LogP contribution in [0.25, 0.3) is 23.1 Å². The van der Waals surface area contributed by atoms with E-state index in [2.05, 4.69) is 55.6 Å². The van der Waals surface area contributed by atoms with E-state index in [-0.39, 0.29) is 39.1 Å². The van der Waals surface area contributed by atoms with Gasteiger partial charge in [0.25, 0.3) is 14.4 Å². The van der Waals surface area contributed by atoms with Crippen LogP contribution in [0.5, 0.6) is 0 Å². The number of rotatable bonds is 18. The fraction of sp³-hybridized carbons (Fsp3) is 0.500. The first kappa shape index (κ1) is 38.3. The molecule has 1 aromatic carbocycles. The van der Waals surface area contributed by atoms with Crippen molar-refractivity contribution in [3.8, 4) is 6.07 Å². The molecule has 0 bridgehead atoms. The van der Waals surface area contributed by atoms with Crippen LogP contribution in [0, 0.1) is 11.3 Å². The van der Waals surface area contributed by atoms with Gasteiger partial charge >= 0.3 is 5.63 Å². The van der Waals surface area contributed by atoms with Crippen LogP contribution in [0.4, 0.5) is 5.69 Å². The molecule has 13 heteroatoms. The number of nitriles is 1. The molecule has 11 nitrogen and oxygen atoms in total. The van der Waals surface area contributed by atoms with Crippen LogP contribution >= 0.6 is 17.0 Å². The van der Waals surface area contributed by atoms with Crippen LogP contribution in [0.15, 0.2) is 51.8 Å². The van der Waals surface area contributed by atoms with E-state index in [0.29, 0.717) is 41.7 Å². The monoisotopic (exact) mass is 708 g/mol. The summed E-state index contributed by atoms with van der Waals surface area (Å²) < 4.78 is 33.4. The molecule has 3 unspecified atom stereocenters. The summed E-state index contributed by atoms with van der Waals surface area (Å²) in [7, 11) is -1.31. The predicted molar refractivity (Wildman–Crippen MR) is 195 cm³/mol. The summed E-state index contributed by atoms with van der Waals surface area (Å²) in [5, 5.41) is 13.4. The number of hydrogen-bond donors (Lipinski definition) is 1. The zero-order chi connectivity index (χ0) is 35.3. The van der Waals surface area contributed by atoms with Gasteiger partial charge in [-0.15, -0.1) is 0 Å². The van der Waals surface area contributed by atoms with Gasteiger partial charge in [-0.2, -0.15) is 9.83 Å². The highest BCUT2D eigenvalue weighted by Gasteiger charge is 2.42. The molecule has 0 saturated carbocycles. The van der Waals surface area contributed by atoms with Gasteiger partial charge < -0.3 is 23.7 Å². The van der Waals surface area contributed by atoms with Gasteiger partial charge in [0.05, 0.1) is 30.8 Å². The minimum atomic E-state index is -1.16. The number of carbonyl (C=O) groups is 1. The SMILES string of the molecule is CCN(CC)c1ccc2cc(C=Cc3ccc(P=O)c[n+]3CC(=O)NCCCCCCOP3OC(CC#N)C(C)N3C(C)C)c(=O)oc2c1. The fourth-order valence-corrected chi connectivity index (χ4v) is 8.09. The summed E-state index contributed by atoms with van der Waals surface area (Å²) in [6.07, 6.45) is 8.98. The molecule has 1 aliphatic heterocycles. The largest absolute Gasteiger partial charge is 0.422 e. The highest BCUT2D eigenvalue weighted by Crippen LogP contribution is 2.54. The molecule has 0 radical (unpaired) electrons. The van der Waals surface area contributed by atoms with Crippen molar-refractivity contribution in [3.63, 3.8) is 0 Å². The van der Waals surface area contributed by atoms with Crippen LogP contribution in [0.3, 0.4) is 0 Å². The van der Waals surface area contributed by atoms with Gasteiger partial charge in [-0.3, -0.25) is 9.36 Å². The van der Waals surface area contributed by atoms with Crippen molar-refractivity contribution in [1.82, 2.24) is 9.99 Å². The molecule has 3 atom stereocenters. The Labute approximate surface area is 292 Å². The second-order valence-corrected chi connectivity index (χ2v) is 14.4. The molecule has 1 amide bonds.